The van der Waals surface area contributed by atoms with Gasteiger partial charge in [-0.25, -0.2) is 9.97 Å². The number of aryl methyl sites for hydroxylation is 1. The number of nitrogens with one attached hydrogen (secondary N) is 2. The van der Waals surface area contributed by atoms with Crippen molar-refractivity contribution < 1.29 is 18.4 Å². The van der Waals surface area contributed by atoms with Crippen LogP contribution in [0.4, 0.5) is 23.0 Å². The Labute approximate surface area is 241 Å². The number of piperazine rings is 1. The zero-order valence-corrected chi connectivity index (χ0v) is 23.6. The second-order valence-electron chi connectivity index (χ2n) is 10.9. The molecule has 1 aromatic heterocycles. The summed E-state index contributed by atoms with van der Waals surface area (Å²) in [6.45, 7) is 9.22. The molecule has 3 saturated heterocycles. The maximum atomic E-state index is 12.4. The number of carbonyl (C=O) groups is 1. The molecule has 4 heterocycles. The molecule has 0 saturated carbocycles. The Hall–Kier alpha value is -3.15. The molecule has 0 bridgehead atoms. The average Bonchev–Trinajstić information content (AvgIpc) is 2.98. The molecule has 0 spiro atoms. The highest BCUT2D eigenvalue weighted by Crippen LogP contribution is 2.35. The van der Waals surface area contributed by atoms with E-state index in [1.54, 1.807) is 6.07 Å². The van der Waals surface area contributed by atoms with Crippen molar-refractivity contribution in [1.29, 1.82) is 0 Å². The molecule has 1 amide bonds. The summed E-state index contributed by atoms with van der Waals surface area (Å²) < 4.78 is 34.4. The van der Waals surface area contributed by atoms with Crippen LogP contribution in [-0.4, -0.2) is 104 Å². The van der Waals surface area contributed by atoms with E-state index in [1.807, 2.05) is 19.1 Å². The van der Waals surface area contributed by atoms with E-state index in [-0.39, 0.29) is 23.3 Å². The number of nitrogens with zero attached hydrogens (tertiary/aromatic N) is 5. The number of anilines is 4. The van der Waals surface area contributed by atoms with E-state index in [9.17, 15) is 4.79 Å². The lowest BCUT2D eigenvalue weighted by molar-refractivity contribution is 0.0903. The number of hydrogen-bond acceptors (Lipinski definition) is 10. The summed E-state index contributed by atoms with van der Waals surface area (Å²) in [5.74, 6) is 0.309. The van der Waals surface area contributed by atoms with E-state index in [4.69, 9.17) is 24.3 Å². The number of piperidine rings is 1. The van der Waals surface area contributed by atoms with Gasteiger partial charge in [-0.05, 0) is 51.3 Å². The third-order valence-corrected chi connectivity index (χ3v) is 8.29. The predicted molar refractivity (Wildman–Crippen MR) is 158 cm³/mol. The van der Waals surface area contributed by atoms with Gasteiger partial charge in [-0.2, -0.15) is 0 Å². The van der Waals surface area contributed by atoms with Gasteiger partial charge in [0.1, 0.15) is 5.75 Å². The molecule has 11 nitrogen and oxygen atoms in total. The fraction of sp³-hybridized carbons (Fsp3) is 0.621. The van der Waals surface area contributed by atoms with Crippen LogP contribution in [0.15, 0.2) is 18.2 Å². The van der Waals surface area contributed by atoms with Gasteiger partial charge in [0.05, 0.1) is 22.5 Å². The monoisotopic (exact) mass is 555 g/mol. The molecule has 0 radical (unpaired) electrons. The average molecular weight is 556 g/mol. The van der Waals surface area contributed by atoms with Gasteiger partial charge >= 0.3 is 0 Å². The molecule has 40 heavy (non-hydrogen) atoms. The number of benzene rings is 1. The zero-order chi connectivity index (χ0) is 30.6. The first kappa shape index (κ1) is 24.6. The van der Waals surface area contributed by atoms with Gasteiger partial charge in [-0.1, -0.05) is 6.92 Å². The second kappa shape index (κ2) is 13.0. The third kappa shape index (κ3) is 6.59. The molecule has 1 aromatic carbocycles. The lowest BCUT2D eigenvalue weighted by atomic mass is 10.0. The van der Waals surface area contributed by atoms with Crippen LogP contribution < -0.4 is 26.0 Å². The fourth-order valence-corrected chi connectivity index (χ4v) is 5.86. The van der Waals surface area contributed by atoms with Crippen LogP contribution in [0.2, 0.25) is 0 Å². The molecule has 3 fully saturated rings. The molecule has 218 valence electrons. The minimum absolute atomic E-state index is 0.0164. The summed E-state index contributed by atoms with van der Waals surface area (Å²) in [5.41, 5.74) is 7.60. The molecule has 0 atom stereocenters. The standard InChI is InChI=1S/C29H44N8O3/c1-4-23-28(31-20-9-17-40-18-10-20)34-29(26(33-23)27(30)38)32-21-5-6-24(25(19-21)39-3)37-11-7-22(8-12-37)36-15-13-35(2)14-16-36/h5-6,19-20,22H,4,7-18H2,1-3H3,(H2,30,38)(H2,31,32,34)/i3D3. The number of rotatable bonds is 9. The van der Waals surface area contributed by atoms with Crippen molar-refractivity contribution in [3.63, 3.8) is 0 Å². The van der Waals surface area contributed by atoms with Gasteiger partial charge < -0.3 is 35.6 Å². The minimum atomic E-state index is -2.63. The summed E-state index contributed by atoms with van der Waals surface area (Å²) in [7, 11) is -0.469. The highest BCUT2D eigenvalue weighted by Gasteiger charge is 2.28. The van der Waals surface area contributed by atoms with Crippen LogP contribution >= 0.6 is 0 Å². The summed E-state index contributed by atoms with van der Waals surface area (Å²) >= 11 is 0. The van der Waals surface area contributed by atoms with Crippen molar-refractivity contribution in [3.8, 4) is 5.75 Å². The summed E-state index contributed by atoms with van der Waals surface area (Å²) in [4.78, 5) is 28.8. The third-order valence-electron chi connectivity index (χ3n) is 8.29. The lowest BCUT2D eigenvalue weighted by Gasteiger charge is -2.42. The molecule has 3 aliphatic heterocycles. The van der Waals surface area contributed by atoms with Gasteiger partial charge in [0, 0.05) is 76.3 Å². The second-order valence-corrected chi connectivity index (χ2v) is 10.9. The van der Waals surface area contributed by atoms with Crippen LogP contribution in [0.1, 0.15) is 52.9 Å². The lowest BCUT2D eigenvalue weighted by Crippen LogP contribution is -2.52. The van der Waals surface area contributed by atoms with Crippen LogP contribution in [0.3, 0.4) is 0 Å². The van der Waals surface area contributed by atoms with E-state index in [1.165, 1.54) is 0 Å². The first-order chi connectivity index (χ1) is 20.6. The van der Waals surface area contributed by atoms with E-state index >= 15 is 0 Å². The SMILES string of the molecule is [2H]C([2H])([2H])Oc1cc(Nc2nc(NC3CCOCC3)c(CC)nc2C(N)=O)ccc1N1CCC(N2CCN(C)CC2)CC1. The van der Waals surface area contributed by atoms with E-state index in [0.29, 0.717) is 42.9 Å². The molecule has 0 aliphatic carbocycles. The Morgan fingerprint density at radius 3 is 2.52 bits per heavy atom. The number of ether oxygens (including phenoxy) is 2. The van der Waals surface area contributed by atoms with Gasteiger partial charge in [0.2, 0.25) is 0 Å². The summed E-state index contributed by atoms with van der Waals surface area (Å²) in [6, 6.07) is 6.04. The maximum absolute atomic E-state index is 12.4. The van der Waals surface area contributed by atoms with Gasteiger partial charge in [-0.3, -0.25) is 9.69 Å². The number of methoxy groups -OCH3 is 1. The Balaban J connectivity index is 1.37. The summed E-state index contributed by atoms with van der Waals surface area (Å²) in [6.07, 6.45) is 4.25. The molecule has 4 N–H and O–H groups in total. The Morgan fingerprint density at radius 2 is 1.85 bits per heavy atom. The number of hydrogen-bond donors (Lipinski definition) is 3. The van der Waals surface area contributed by atoms with Crippen LogP contribution in [0.25, 0.3) is 0 Å². The van der Waals surface area contributed by atoms with E-state index in [0.717, 1.165) is 70.6 Å². The van der Waals surface area contributed by atoms with Crippen molar-refractivity contribution in [1.82, 2.24) is 19.8 Å². The molecule has 11 heteroatoms. The highest BCUT2D eigenvalue weighted by atomic mass is 16.5. The van der Waals surface area contributed by atoms with Crippen LogP contribution in [0, 0.1) is 0 Å². The molecule has 2 aromatic rings. The van der Waals surface area contributed by atoms with Gasteiger partial charge in [0.25, 0.3) is 5.91 Å². The Bertz CT molecular complexity index is 1260. The van der Waals surface area contributed by atoms with E-state index in [2.05, 4.69) is 37.4 Å². The number of carbonyl (C=O) groups excluding carboxylic acids is 1. The first-order valence-electron chi connectivity index (χ1n) is 15.9. The first-order valence-corrected chi connectivity index (χ1v) is 14.4. The number of aromatic nitrogens is 2. The topological polar surface area (TPSA) is 121 Å². The predicted octanol–water partition coefficient (Wildman–Crippen LogP) is 2.70. The normalized spacial score (nSPS) is 21.4. The largest absolute Gasteiger partial charge is 0.495 e. The molecular weight excluding hydrogens is 508 g/mol. The molecule has 0 unspecified atom stereocenters. The Morgan fingerprint density at radius 1 is 1.10 bits per heavy atom. The van der Waals surface area contributed by atoms with Crippen LogP contribution in [-0.2, 0) is 11.2 Å². The number of amides is 1. The van der Waals surface area contributed by atoms with Gasteiger partial charge in [-0.15, -0.1) is 0 Å². The Kier molecular flexibility index (Phi) is 8.01. The van der Waals surface area contributed by atoms with Crippen molar-refractivity contribution in [3.05, 3.63) is 29.6 Å². The number of nitrogens with two attached hydrogens (primary N) is 1. The molecule has 3 aliphatic rings. The van der Waals surface area contributed by atoms with Crippen molar-refractivity contribution in [2.75, 3.05) is 82.1 Å². The molecular formula is C29H44N8O3. The van der Waals surface area contributed by atoms with E-state index < -0.39 is 12.9 Å². The van der Waals surface area contributed by atoms with Crippen molar-refractivity contribution in [2.45, 2.75) is 51.1 Å². The van der Waals surface area contributed by atoms with Crippen molar-refractivity contribution in [2.24, 2.45) is 5.73 Å². The number of primary amides is 1. The van der Waals surface area contributed by atoms with Crippen molar-refractivity contribution >= 4 is 28.9 Å². The zero-order valence-electron chi connectivity index (χ0n) is 26.6. The fourth-order valence-electron chi connectivity index (χ4n) is 5.86. The quantitative estimate of drug-likeness (QED) is 0.426. The maximum Gasteiger partial charge on any atom is 0.271 e. The highest BCUT2D eigenvalue weighted by molar-refractivity contribution is 5.96. The van der Waals surface area contributed by atoms with Gasteiger partial charge in [0.15, 0.2) is 17.3 Å². The summed E-state index contributed by atoms with van der Waals surface area (Å²) in [5, 5.41) is 6.62. The minimum Gasteiger partial charge on any atom is -0.495 e. The smallest absolute Gasteiger partial charge is 0.271 e. The number of likely N-dealkylation sites (N-methyl/N-ethyl adjacent to an activating group) is 1. The van der Waals surface area contributed by atoms with Crippen LogP contribution in [0.5, 0.6) is 5.75 Å². The molecule has 5 rings (SSSR count).